The Kier molecular flexibility index (Phi) is 6.56. The topological polar surface area (TPSA) is 0 Å². The third kappa shape index (κ3) is 3.67. The van der Waals surface area contributed by atoms with E-state index < -0.39 is 8.07 Å². The predicted octanol–water partition coefficient (Wildman–Crippen LogP) is 5.90. The molecule has 1 aliphatic heterocycles. The first kappa shape index (κ1) is 22.9. The molecule has 0 N–H and O–H groups in total. The van der Waals surface area contributed by atoms with E-state index in [-0.39, 0.29) is 0 Å². The van der Waals surface area contributed by atoms with Crippen molar-refractivity contribution in [3.05, 3.63) is 108 Å². The van der Waals surface area contributed by atoms with Crippen LogP contribution in [0.3, 0.4) is 0 Å². The molecular weight excluding hydrogens is 424 g/mol. The van der Waals surface area contributed by atoms with Gasteiger partial charge >= 0.3 is 0 Å². The molecule has 4 aromatic carbocycles. The molecule has 0 bridgehead atoms. The van der Waals surface area contributed by atoms with Gasteiger partial charge in [0.25, 0.3) is 0 Å². The zero-order valence-electron chi connectivity index (χ0n) is 20.9. The van der Waals surface area contributed by atoms with Gasteiger partial charge in [-0.2, -0.15) is 0 Å². The SMILES string of the molecule is CCCc1ccc2c(c1)-c1cc(CCC)cc(CCC)c1[Si]2(c1ccccc1)c1ccccc1. The molecule has 0 fully saturated rings. The number of hydrogen-bond donors (Lipinski definition) is 0. The van der Waals surface area contributed by atoms with Gasteiger partial charge in [-0.3, -0.25) is 0 Å². The summed E-state index contributed by atoms with van der Waals surface area (Å²) in [5, 5.41) is 6.23. The molecule has 0 radical (unpaired) electrons. The summed E-state index contributed by atoms with van der Waals surface area (Å²) >= 11 is 0. The van der Waals surface area contributed by atoms with Crippen LogP contribution in [0.25, 0.3) is 11.1 Å². The minimum absolute atomic E-state index is 1.14. The Bertz CT molecular complexity index is 1230. The average Bonchev–Trinajstić information content (AvgIpc) is 3.17. The van der Waals surface area contributed by atoms with E-state index in [1.54, 1.807) is 15.9 Å². The largest absolute Gasteiger partial charge is 0.181 e. The van der Waals surface area contributed by atoms with Crippen LogP contribution in [0.2, 0.25) is 0 Å². The molecule has 0 spiro atoms. The van der Waals surface area contributed by atoms with Gasteiger partial charge in [-0.1, -0.05) is 131 Å². The minimum Gasteiger partial charge on any atom is -0.0651 e. The lowest BCUT2D eigenvalue weighted by atomic mass is 9.95. The molecule has 0 aliphatic carbocycles. The molecule has 1 aliphatic rings. The van der Waals surface area contributed by atoms with Crippen LogP contribution in [-0.2, 0) is 19.3 Å². The number of benzene rings is 4. The molecule has 4 aromatic rings. The molecule has 5 rings (SSSR count). The van der Waals surface area contributed by atoms with Crippen LogP contribution in [-0.4, -0.2) is 8.07 Å². The zero-order valence-corrected chi connectivity index (χ0v) is 21.9. The predicted molar refractivity (Wildman–Crippen MR) is 151 cm³/mol. The van der Waals surface area contributed by atoms with Crippen molar-refractivity contribution in [1.82, 2.24) is 0 Å². The van der Waals surface area contributed by atoms with Crippen molar-refractivity contribution in [3.63, 3.8) is 0 Å². The summed E-state index contributed by atoms with van der Waals surface area (Å²) in [5.41, 5.74) is 7.56. The summed E-state index contributed by atoms with van der Waals surface area (Å²) in [6.45, 7) is 6.91. The maximum atomic E-state index is 2.55. The molecular formula is C33H36Si. The van der Waals surface area contributed by atoms with Crippen molar-refractivity contribution in [3.8, 4) is 11.1 Å². The molecule has 1 heteroatoms. The van der Waals surface area contributed by atoms with Crippen LogP contribution in [0, 0.1) is 0 Å². The Morgan fingerprint density at radius 1 is 0.529 bits per heavy atom. The van der Waals surface area contributed by atoms with Gasteiger partial charge in [-0.15, -0.1) is 0 Å². The zero-order chi connectivity index (χ0) is 23.5. The standard InChI is InChI=1S/C33H36Si/c1-4-13-25-20-21-32-30(23-25)31-24-26(14-5-2)22-27(15-6-3)33(31)34(32,28-16-9-7-10-17-28)29-18-11-8-12-19-29/h7-12,16-24H,4-6,13-15H2,1-3H3. The summed E-state index contributed by atoms with van der Waals surface area (Å²) < 4.78 is 0. The molecule has 34 heavy (non-hydrogen) atoms. The first-order chi connectivity index (χ1) is 16.7. The van der Waals surface area contributed by atoms with Gasteiger partial charge in [0.05, 0.1) is 0 Å². The van der Waals surface area contributed by atoms with Crippen LogP contribution in [0.4, 0.5) is 0 Å². The molecule has 0 unspecified atom stereocenters. The Morgan fingerprint density at radius 3 is 1.68 bits per heavy atom. The lowest BCUT2D eigenvalue weighted by Gasteiger charge is -2.33. The van der Waals surface area contributed by atoms with Gasteiger partial charge in [-0.05, 0) is 67.8 Å². The normalized spacial score (nSPS) is 13.5. The highest BCUT2D eigenvalue weighted by Crippen LogP contribution is 2.33. The number of rotatable bonds is 8. The van der Waals surface area contributed by atoms with Crippen molar-refractivity contribution in [1.29, 1.82) is 0 Å². The van der Waals surface area contributed by atoms with E-state index in [0.29, 0.717) is 0 Å². The molecule has 0 aromatic heterocycles. The van der Waals surface area contributed by atoms with E-state index in [2.05, 4.69) is 112 Å². The van der Waals surface area contributed by atoms with E-state index in [1.807, 2.05) is 0 Å². The minimum atomic E-state index is -2.40. The highest BCUT2D eigenvalue weighted by atomic mass is 28.3. The molecule has 0 saturated heterocycles. The summed E-state index contributed by atoms with van der Waals surface area (Å²) in [5.74, 6) is 0. The maximum absolute atomic E-state index is 2.55. The van der Waals surface area contributed by atoms with Crippen LogP contribution < -0.4 is 20.7 Å². The van der Waals surface area contributed by atoms with Crippen molar-refractivity contribution >= 4 is 28.8 Å². The molecule has 0 amide bonds. The van der Waals surface area contributed by atoms with Gasteiger partial charge in [0.2, 0.25) is 0 Å². The van der Waals surface area contributed by atoms with Crippen LogP contribution in [0.1, 0.15) is 56.7 Å². The highest BCUT2D eigenvalue weighted by molar-refractivity contribution is 7.22. The van der Waals surface area contributed by atoms with Crippen molar-refractivity contribution in [2.45, 2.75) is 59.3 Å². The lowest BCUT2D eigenvalue weighted by molar-refractivity contribution is 0.900. The third-order valence-corrected chi connectivity index (χ3v) is 12.4. The van der Waals surface area contributed by atoms with Crippen molar-refractivity contribution in [2.24, 2.45) is 0 Å². The quantitative estimate of drug-likeness (QED) is 0.253. The molecule has 0 saturated carbocycles. The highest BCUT2D eigenvalue weighted by Gasteiger charge is 2.49. The fraction of sp³-hybridized carbons (Fsp3) is 0.273. The fourth-order valence-corrected chi connectivity index (χ4v) is 11.6. The molecule has 172 valence electrons. The van der Waals surface area contributed by atoms with Crippen molar-refractivity contribution < 1.29 is 0 Å². The Balaban J connectivity index is 1.94. The van der Waals surface area contributed by atoms with E-state index >= 15 is 0 Å². The Morgan fingerprint density at radius 2 is 1.09 bits per heavy atom. The van der Waals surface area contributed by atoms with E-state index in [9.17, 15) is 0 Å². The monoisotopic (exact) mass is 460 g/mol. The number of hydrogen-bond acceptors (Lipinski definition) is 0. The molecule has 0 atom stereocenters. The van der Waals surface area contributed by atoms with Crippen LogP contribution in [0.5, 0.6) is 0 Å². The second kappa shape index (κ2) is 9.76. The van der Waals surface area contributed by atoms with E-state index in [0.717, 1.165) is 19.3 Å². The maximum Gasteiger partial charge on any atom is 0.181 e. The summed E-state index contributed by atoms with van der Waals surface area (Å²) in [6.07, 6.45) is 6.98. The summed E-state index contributed by atoms with van der Waals surface area (Å²) in [6, 6.07) is 35.4. The second-order valence-electron chi connectivity index (χ2n) is 9.79. The van der Waals surface area contributed by atoms with Crippen LogP contribution >= 0.6 is 0 Å². The number of fused-ring (bicyclic) bond motifs is 3. The smallest absolute Gasteiger partial charge is 0.0651 e. The number of aryl methyl sites for hydroxylation is 3. The van der Waals surface area contributed by atoms with Gasteiger partial charge in [0.15, 0.2) is 8.07 Å². The fourth-order valence-electron chi connectivity index (χ4n) is 6.19. The summed E-state index contributed by atoms with van der Waals surface area (Å²) in [4.78, 5) is 0. The Hall–Kier alpha value is -2.90. The van der Waals surface area contributed by atoms with Crippen molar-refractivity contribution in [2.75, 3.05) is 0 Å². The van der Waals surface area contributed by atoms with Gasteiger partial charge in [-0.25, -0.2) is 0 Å². The Labute approximate surface area is 206 Å². The van der Waals surface area contributed by atoms with Gasteiger partial charge in [0, 0.05) is 0 Å². The van der Waals surface area contributed by atoms with Crippen LogP contribution in [0.15, 0.2) is 91.0 Å². The lowest BCUT2D eigenvalue weighted by Crippen LogP contribution is -2.73. The van der Waals surface area contributed by atoms with E-state index in [4.69, 9.17) is 0 Å². The van der Waals surface area contributed by atoms with Gasteiger partial charge in [0.1, 0.15) is 0 Å². The molecule has 0 nitrogen and oxygen atoms in total. The second-order valence-corrected chi connectivity index (χ2v) is 13.5. The van der Waals surface area contributed by atoms with Gasteiger partial charge < -0.3 is 0 Å². The first-order valence-corrected chi connectivity index (χ1v) is 15.1. The first-order valence-electron chi connectivity index (χ1n) is 13.1. The van der Waals surface area contributed by atoms with E-state index in [1.165, 1.54) is 51.9 Å². The molecule has 1 heterocycles. The average molecular weight is 461 g/mol. The summed E-state index contributed by atoms with van der Waals surface area (Å²) in [7, 11) is -2.40. The third-order valence-electron chi connectivity index (χ3n) is 7.44.